The van der Waals surface area contributed by atoms with Crippen LogP contribution in [0.2, 0.25) is 0 Å². The predicted molar refractivity (Wildman–Crippen MR) is 68.2 cm³/mol. The molecular formula is C13H11BrNO3-. The van der Waals surface area contributed by atoms with E-state index in [1.165, 1.54) is 0 Å². The minimum atomic E-state index is -1.13. The summed E-state index contributed by atoms with van der Waals surface area (Å²) in [6.45, 7) is 0. The third kappa shape index (κ3) is 1.54. The first-order chi connectivity index (χ1) is 8.59. The number of phenols is 1. The van der Waals surface area contributed by atoms with E-state index in [1.807, 2.05) is 12.2 Å². The monoisotopic (exact) mass is 308 g/mol. The van der Waals surface area contributed by atoms with Gasteiger partial charge in [0.05, 0.1) is 17.7 Å². The molecule has 0 bridgehead atoms. The highest BCUT2D eigenvalue weighted by Crippen LogP contribution is 2.49. The van der Waals surface area contributed by atoms with Crippen LogP contribution in [0.25, 0.3) is 0 Å². The second-order valence-electron chi connectivity index (χ2n) is 4.65. The molecule has 18 heavy (non-hydrogen) atoms. The lowest BCUT2D eigenvalue weighted by Gasteiger charge is -2.38. The van der Waals surface area contributed by atoms with Gasteiger partial charge in [0.1, 0.15) is 5.75 Å². The Labute approximate surface area is 112 Å². The van der Waals surface area contributed by atoms with Crippen LogP contribution in [0.5, 0.6) is 5.75 Å². The van der Waals surface area contributed by atoms with Gasteiger partial charge in [0.15, 0.2) is 0 Å². The molecule has 0 spiro atoms. The van der Waals surface area contributed by atoms with E-state index >= 15 is 0 Å². The zero-order chi connectivity index (χ0) is 12.9. The highest BCUT2D eigenvalue weighted by Gasteiger charge is 2.39. The number of fused-ring (bicyclic) bond motifs is 3. The summed E-state index contributed by atoms with van der Waals surface area (Å²) in [4.78, 5) is 11.2. The number of phenolic OH excluding ortho intramolecular Hbond substituents is 1. The number of carboxylic acids is 1. The third-order valence-corrected chi connectivity index (χ3v) is 4.39. The highest BCUT2D eigenvalue weighted by atomic mass is 79.9. The maximum Gasteiger partial charge on any atom is 0.139 e. The van der Waals surface area contributed by atoms with Crippen LogP contribution >= 0.6 is 15.9 Å². The average Bonchev–Trinajstić information content (AvgIpc) is 2.81. The largest absolute Gasteiger partial charge is 0.548 e. The number of nitrogens with one attached hydrogen (secondary N) is 1. The average molecular weight is 309 g/mol. The molecule has 1 aliphatic carbocycles. The van der Waals surface area contributed by atoms with Gasteiger partial charge in [-0.1, -0.05) is 28.1 Å². The van der Waals surface area contributed by atoms with Crippen molar-refractivity contribution in [2.24, 2.45) is 5.92 Å². The van der Waals surface area contributed by atoms with Gasteiger partial charge in [0.2, 0.25) is 0 Å². The number of benzene rings is 1. The minimum Gasteiger partial charge on any atom is -0.548 e. The first-order valence-corrected chi connectivity index (χ1v) is 6.54. The Kier molecular flexibility index (Phi) is 2.59. The molecule has 0 unspecified atom stereocenters. The zero-order valence-electron chi connectivity index (χ0n) is 9.39. The summed E-state index contributed by atoms with van der Waals surface area (Å²) in [5.41, 5.74) is 1.41. The van der Waals surface area contributed by atoms with E-state index in [1.54, 1.807) is 12.1 Å². The number of allylic oxidation sites excluding steroid dienone is 2. The number of rotatable bonds is 1. The van der Waals surface area contributed by atoms with E-state index in [0.717, 1.165) is 10.0 Å². The summed E-state index contributed by atoms with van der Waals surface area (Å²) in [5, 5.41) is 24.0. The van der Waals surface area contributed by atoms with Crippen LogP contribution in [0.4, 0.5) is 5.69 Å². The Morgan fingerprint density at radius 2 is 2.28 bits per heavy atom. The maximum atomic E-state index is 11.2. The van der Waals surface area contributed by atoms with Gasteiger partial charge in [-0.25, -0.2) is 0 Å². The molecule has 0 fully saturated rings. The standard InChI is InChI=1S/C13H12BrNO3/c14-8-4-5-9(16)12-10(8)6-2-1-3-7(6)11(15-12)13(17)18/h1-2,4-7,11,15-16H,3H2,(H,17,18)/p-1/t6-,7-,11+/m0/s1. The molecule has 0 saturated heterocycles. The van der Waals surface area contributed by atoms with E-state index in [9.17, 15) is 15.0 Å². The van der Waals surface area contributed by atoms with Crippen molar-refractivity contribution in [2.45, 2.75) is 18.4 Å². The van der Waals surface area contributed by atoms with E-state index in [4.69, 9.17) is 0 Å². The summed E-state index contributed by atoms with van der Waals surface area (Å²) in [6.07, 6.45) is 4.70. The fourth-order valence-corrected chi connectivity index (χ4v) is 3.48. The van der Waals surface area contributed by atoms with E-state index in [2.05, 4.69) is 21.2 Å². The molecular weight excluding hydrogens is 298 g/mol. The summed E-state index contributed by atoms with van der Waals surface area (Å²) in [6, 6.07) is 2.55. The SMILES string of the molecule is O=C([O-])[C@@H]1Nc2c(O)ccc(Br)c2[C@H]2C=CC[C@@H]21. The molecule has 1 heterocycles. The van der Waals surface area contributed by atoms with E-state index in [0.29, 0.717) is 12.1 Å². The smallest absolute Gasteiger partial charge is 0.139 e. The van der Waals surface area contributed by atoms with E-state index < -0.39 is 12.0 Å². The van der Waals surface area contributed by atoms with Gasteiger partial charge in [0, 0.05) is 16.0 Å². The lowest BCUT2D eigenvalue weighted by atomic mass is 9.79. The number of carbonyl (C=O) groups excluding carboxylic acids is 1. The van der Waals surface area contributed by atoms with Gasteiger partial charge >= 0.3 is 0 Å². The zero-order valence-corrected chi connectivity index (χ0v) is 11.0. The quantitative estimate of drug-likeness (QED) is 0.607. The number of aromatic hydroxyl groups is 1. The van der Waals surface area contributed by atoms with Crippen LogP contribution < -0.4 is 10.4 Å². The lowest BCUT2D eigenvalue weighted by molar-refractivity contribution is -0.308. The number of carbonyl (C=O) groups is 1. The summed E-state index contributed by atoms with van der Waals surface area (Å²) in [5.74, 6) is -1.11. The van der Waals surface area contributed by atoms with Gasteiger partial charge in [-0.15, -0.1) is 0 Å². The van der Waals surface area contributed by atoms with Gasteiger partial charge in [-0.3, -0.25) is 0 Å². The molecule has 1 aromatic carbocycles. The molecule has 4 nitrogen and oxygen atoms in total. The van der Waals surface area contributed by atoms with Crippen LogP contribution in [-0.4, -0.2) is 17.1 Å². The summed E-state index contributed by atoms with van der Waals surface area (Å²) < 4.78 is 0.876. The number of hydrogen-bond acceptors (Lipinski definition) is 4. The summed E-state index contributed by atoms with van der Waals surface area (Å²) >= 11 is 3.46. The third-order valence-electron chi connectivity index (χ3n) is 3.70. The van der Waals surface area contributed by atoms with Gasteiger partial charge in [-0.2, -0.15) is 0 Å². The highest BCUT2D eigenvalue weighted by molar-refractivity contribution is 9.10. The molecule has 0 radical (unpaired) electrons. The molecule has 0 saturated carbocycles. The van der Waals surface area contributed by atoms with Crippen molar-refractivity contribution in [2.75, 3.05) is 5.32 Å². The Balaban J connectivity index is 2.17. The first kappa shape index (κ1) is 11.6. The molecule has 2 aliphatic rings. The number of halogens is 1. The lowest BCUT2D eigenvalue weighted by Crippen LogP contribution is -2.48. The van der Waals surface area contributed by atoms with Crippen LogP contribution in [0.1, 0.15) is 17.9 Å². The second kappa shape index (κ2) is 4.02. The van der Waals surface area contributed by atoms with Crippen LogP contribution in [0, 0.1) is 5.92 Å². The molecule has 2 N–H and O–H groups in total. The Morgan fingerprint density at radius 1 is 1.50 bits per heavy atom. The molecule has 5 heteroatoms. The molecule has 94 valence electrons. The first-order valence-electron chi connectivity index (χ1n) is 5.75. The van der Waals surface area contributed by atoms with Crippen molar-refractivity contribution in [1.29, 1.82) is 0 Å². The van der Waals surface area contributed by atoms with Gasteiger partial charge in [0.25, 0.3) is 0 Å². The van der Waals surface area contributed by atoms with Crippen molar-refractivity contribution in [3.05, 3.63) is 34.3 Å². The van der Waals surface area contributed by atoms with Crippen molar-refractivity contribution in [3.63, 3.8) is 0 Å². The van der Waals surface area contributed by atoms with E-state index in [-0.39, 0.29) is 17.6 Å². The Bertz CT molecular complexity index is 555. The molecule has 0 amide bonds. The van der Waals surface area contributed by atoms with Crippen molar-refractivity contribution >= 4 is 27.6 Å². The fourth-order valence-electron chi connectivity index (χ4n) is 2.88. The minimum absolute atomic E-state index is 0.00521. The Hall–Kier alpha value is -1.49. The molecule has 1 aliphatic heterocycles. The second-order valence-corrected chi connectivity index (χ2v) is 5.50. The number of hydrogen-bond donors (Lipinski definition) is 2. The fraction of sp³-hybridized carbons (Fsp3) is 0.308. The molecule has 1 aromatic rings. The van der Waals surface area contributed by atoms with Crippen LogP contribution in [-0.2, 0) is 4.79 Å². The van der Waals surface area contributed by atoms with Crippen molar-refractivity contribution < 1.29 is 15.0 Å². The number of aliphatic carboxylic acids is 1. The van der Waals surface area contributed by atoms with Gasteiger partial charge < -0.3 is 20.3 Å². The van der Waals surface area contributed by atoms with Crippen LogP contribution in [0.15, 0.2) is 28.8 Å². The predicted octanol–water partition coefficient (Wildman–Crippen LogP) is 1.36. The normalized spacial score (nSPS) is 28.4. The number of carboxylic acid groups (broad SMARTS) is 1. The van der Waals surface area contributed by atoms with Crippen LogP contribution in [0.3, 0.4) is 0 Å². The van der Waals surface area contributed by atoms with Crippen molar-refractivity contribution in [1.82, 2.24) is 0 Å². The maximum absolute atomic E-state index is 11.2. The number of anilines is 1. The Morgan fingerprint density at radius 3 is 3.00 bits per heavy atom. The topological polar surface area (TPSA) is 72.4 Å². The molecule has 3 rings (SSSR count). The van der Waals surface area contributed by atoms with Gasteiger partial charge in [-0.05, 0) is 24.5 Å². The summed E-state index contributed by atoms with van der Waals surface area (Å²) in [7, 11) is 0. The molecule has 0 aromatic heterocycles. The molecule has 3 atom stereocenters. The van der Waals surface area contributed by atoms with Crippen molar-refractivity contribution in [3.8, 4) is 5.75 Å².